The van der Waals surface area contributed by atoms with Crippen LogP contribution < -0.4 is 4.90 Å². The number of hydrogen-bond donors (Lipinski definition) is 0. The molecule has 0 spiro atoms. The average Bonchev–Trinajstić information content (AvgIpc) is 2.78. The summed E-state index contributed by atoms with van der Waals surface area (Å²) < 4.78 is 0. The highest BCUT2D eigenvalue weighted by Crippen LogP contribution is 2.38. The minimum Gasteiger partial charge on any atom is -0.277 e. The Morgan fingerprint density at radius 3 is 2.21 bits per heavy atom. The summed E-state index contributed by atoms with van der Waals surface area (Å²) in [6.45, 7) is 5.81. The van der Waals surface area contributed by atoms with Gasteiger partial charge in [-0.15, -0.1) is 0 Å². The van der Waals surface area contributed by atoms with E-state index in [9.17, 15) is 14.9 Å². The molecule has 1 aliphatic rings. The predicted molar refractivity (Wildman–Crippen MR) is 93.8 cm³/mol. The number of carbonyl (C=O) groups is 1. The normalized spacial score (nSPS) is 14.5. The molecule has 0 saturated carbocycles. The van der Waals surface area contributed by atoms with Crippen LogP contribution in [-0.4, -0.2) is 10.8 Å². The molecule has 0 saturated heterocycles. The smallest absolute Gasteiger partial charge is 0.269 e. The van der Waals surface area contributed by atoms with Gasteiger partial charge in [0.05, 0.1) is 10.5 Å². The molecule has 0 aliphatic carbocycles. The number of nitro benzene ring substituents is 1. The minimum atomic E-state index is -0.472. The Morgan fingerprint density at radius 2 is 1.67 bits per heavy atom. The van der Waals surface area contributed by atoms with Crippen molar-refractivity contribution in [2.75, 3.05) is 4.90 Å². The largest absolute Gasteiger partial charge is 0.277 e. The van der Waals surface area contributed by atoms with Crippen molar-refractivity contribution in [3.63, 3.8) is 0 Å². The van der Waals surface area contributed by atoms with E-state index in [0.717, 1.165) is 5.57 Å². The fourth-order valence-electron chi connectivity index (χ4n) is 2.66. The van der Waals surface area contributed by atoms with E-state index in [-0.39, 0.29) is 11.6 Å². The fraction of sp³-hybridized carbons (Fsp3) is 0.0556. The number of nitrogens with zero attached hydrogens (tertiary/aromatic N) is 2. The maximum Gasteiger partial charge on any atom is 0.269 e. The van der Waals surface area contributed by atoms with Crippen LogP contribution in [0.15, 0.2) is 66.4 Å². The van der Waals surface area contributed by atoms with Gasteiger partial charge in [-0.2, -0.15) is 0 Å². The zero-order chi connectivity index (χ0) is 17.4. The molecule has 0 bridgehead atoms. The number of amides is 1. The van der Waals surface area contributed by atoms with E-state index in [2.05, 4.69) is 6.58 Å². The highest BCUT2D eigenvalue weighted by Gasteiger charge is 2.33. The van der Waals surface area contributed by atoms with Crippen molar-refractivity contribution >= 4 is 34.5 Å². The number of nitro groups is 1. The Labute approximate surface area is 143 Å². The second kappa shape index (κ2) is 5.94. The van der Waals surface area contributed by atoms with E-state index < -0.39 is 4.92 Å². The van der Waals surface area contributed by atoms with Gasteiger partial charge in [0.2, 0.25) is 0 Å². The van der Waals surface area contributed by atoms with Crippen molar-refractivity contribution in [1.82, 2.24) is 0 Å². The fourth-order valence-corrected chi connectivity index (χ4v) is 2.79. The first-order valence-corrected chi connectivity index (χ1v) is 7.53. The predicted octanol–water partition coefficient (Wildman–Crippen LogP) is 4.58. The highest BCUT2D eigenvalue weighted by molar-refractivity contribution is 6.33. The SMILES string of the molecule is C=C1C(C)=C(c2ccc([N+](=O)[O-])cc2)C(=O)N1c1ccc(Cl)cc1. The molecule has 3 rings (SSSR count). The van der Waals surface area contributed by atoms with Crippen molar-refractivity contribution < 1.29 is 9.72 Å². The first kappa shape index (κ1) is 16.0. The van der Waals surface area contributed by atoms with E-state index in [0.29, 0.717) is 27.5 Å². The van der Waals surface area contributed by atoms with Gasteiger partial charge in [0.1, 0.15) is 0 Å². The van der Waals surface area contributed by atoms with Gasteiger partial charge in [0.25, 0.3) is 11.6 Å². The molecule has 2 aromatic carbocycles. The summed E-state index contributed by atoms with van der Waals surface area (Å²) in [5.41, 5.74) is 3.09. The number of anilines is 1. The molecule has 0 N–H and O–H groups in total. The standard InChI is InChI=1S/C18H13ClN2O3/c1-11-12(2)20(15-9-5-14(19)6-10-15)18(22)17(11)13-3-7-16(8-4-13)21(23)24/h3-10H,2H2,1H3. The van der Waals surface area contributed by atoms with E-state index in [1.54, 1.807) is 36.4 Å². The van der Waals surface area contributed by atoms with Gasteiger partial charge < -0.3 is 0 Å². The molecule has 24 heavy (non-hydrogen) atoms. The van der Waals surface area contributed by atoms with Gasteiger partial charge in [-0.3, -0.25) is 19.8 Å². The molecule has 1 amide bonds. The number of rotatable bonds is 3. The summed E-state index contributed by atoms with van der Waals surface area (Å²) in [5, 5.41) is 11.4. The summed E-state index contributed by atoms with van der Waals surface area (Å²) in [6.07, 6.45) is 0. The molecule has 0 radical (unpaired) electrons. The van der Waals surface area contributed by atoms with Crippen LogP contribution in [0.25, 0.3) is 5.57 Å². The Hall–Kier alpha value is -2.92. The second-order valence-corrected chi connectivity index (χ2v) is 5.80. The van der Waals surface area contributed by atoms with Crippen LogP contribution in [-0.2, 0) is 4.79 Å². The second-order valence-electron chi connectivity index (χ2n) is 5.37. The molecule has 120 valence electrons. The molecule has 0 aromatic heterocycles. The van der Waals surface area contributed by atoms with Crippen LogP contribution in [0.5, 0.6) is 0 Å². The minimum absolute atomic E-state index is 0.0177. The van der Waals surface area contributed by atoms with Crippen LogP contribution in [0.2, 0.25) is 5.02 Å². The van der Waals surface area contributed by atoms with Crippen molar-refractivity contribution in [2.45, 2.75) is 6.92 Å². The van der Waals surface area contributed by atoms with Gasteiger partial charge in [0, 0.05) is 28.5 Å². The Bertz CT molecular complexity index is 883. The van der Waals surface area contributed by atoms with Crippen LogP contribution in [0.3, 0.4) is 0 Å². The number of halogens is 1. The van der Waals surface area contributed by atoms with Crippen molar-refractivity contribution in [1.29, 1.82) is 0 Å². The lowest BCUT2D eigenvalue weighted by Gasteiger charge is -2.18. The average molecular weight is 341 g/mol. The molecule has 1 aliphatic heterocycles. The monoisotopic (exact) mass is 340 g/mol. The summed E-state index contributed by atoms with van der Waals surface area (Å²) >= 11 is 5.89. The summed E-state index contributed by atoms with van der Waals surface area (Å²) in [5.74, 6) is -0.214. The first-order chi connectivity index (χ1) is 11.4. The van der Waals surface area contributed by atoms with Crippen molar-refractivity contribution in [3.05, 3.63) is 87.1 Å². The molecule has 1 heterocycles. The van der Waals surface area contributed by atoms with E-state index >= 15 is 0 Å². The molecular formula is C18H13ClN2O3. The van der Waals surface area contributed by atoms with Crippen LogP contribution in [0.1, 0.15) is 12.5 Å². The third-order valence-electron chi connectivity index (χ3n) is 3.95. The van der Waals surface area contributed by atoms with Gasteiger partial charge >= 0.3 is 0 Å². The number of allylic oxidation sites excluding steroid dienone is 1. The Kier molecular flexibility index (Phi) is 3.95. The number of non-ortho nitro benzene ring substituents is 1. The van der Waals surface area contributed by atoms with Gasteiger partial charge in [-0.25, -0.2) is 0 Å². The quantitative estimate of drug-likeness (QED) is 0.606. The zero-order valence-corrected chi connectivity index (χ0v) is 13.6. The maximum atomic E-state index is 12.9. The third-order valence-corrected chi connectivity index (χ3v) is 4.20. The number of benzene rings is 2. The topological polar surface area (TPSA) is 63.5 Å². The van der Waals surface area contributed by atoms with Gasteiger partial charge in [-0.1, -0.05) is 18.2 Å². The number of carbonyl (C=O) groups excluding carboxylic acids is 1. The van der Waals surface area contributed by atoms with Gasteiger partial charge in [0.15, 0.2) is 0 Å². The lowest BCUT2D eigenvalue weighted by molar-refractivity contribution is -0.384. The Balaban J connectivity index is 2.00. The van der Waals surface area contributed by atoms with Crippen LogP contribution in [0, 0.1) is 10.1 Å². The molecule has 5 nitrogen and oxygen atoms in total. The lowest BCUT2D eigenvalue weighted by Crippen LogP contribution is -2.24. The summed E-state index contributed by atoms with van der Waals surface area (Å²) in [7, 11) is 0. The van der Waals surface area contributed by atoms with E-state index in [1.165, 1.54) is 17.0 Å². The molecule has 6 heteroatoms. The van der Waals surface area contributed by atoms with E-state index in [4.69, 9.17) is 11.6 Å². The van der Waals surface area contributed by atoms with E-state index in [1.807, 2.05) is 6.92 Å². The molecule has 0 unspecified atom stereocenters. The summed E-state index contributed by atoms with van der Waals surface area (Å²) in [6, 6.07) is 12.8. The van der Waals surface area contributed by atoms with Gasteiger partial charge in [-0.05, 0) is 54.5 Å². The van der Waals surface area contributed by atoms with Crippen LogP contribution >= 0.6 is 11.6 Å². The van der Waals surface area contributed by atoms with Crippen LogP contribution in [0.4, 0.5) is 11.4 Å². The number of hydrogen-bond acceptors (Lipinski definition) is 3. The third kappa shape index (κ3) is 2.59. The zero-order valence-electron chi connectivity index (χ0n) is 12.8. The van der Waals surface area contributed by atoms with Crippen molar-refractivity contribution in [2.24, 2.45) is 0 Å². The molecule has 0 fully saturated rings. The molecular weight excluding hydrogens is 328 g/mol. The Morgan fingerprint density at radius 1 is 1.08 bits per heavy atom. The summed E-state index contributed by atoms with van der Waals surface area (Å²) in [4.78, 5) is 24.7. The molecule has 2 aromatic rings. The first-order valence-electron chi connectivity index (χ1n) is 7.15. The molecule has 0 atom stereocenters. The maximum absolute atomic E-state index is 12.9. The van der Waals surface area contributed by atoms with Crippen molar-refractivity contribution in [3.8, 4) is 0 Å². The highest BCUT2D eigenvalue weighted by atomic mass is 35.5. The lowest BCUT2D eigenvalue weighted by atomic mass is 10.0.